The number of Topliss-reactive ketones (excluding diaryl/α,β-unsaturated/α-hetero) is 1. The number of aliphatic hydroxyl groups excluding tert-OH is 1. The molecule has 4 nitrogen and oxygen atoms in total. The molecule has 18 heavy (non-hydrogen) atoms. The van der Waals surface area contributed by atoms with Gasteiger partial charge in [-0.3, -0.25) is 4.79 Å². The molecule has 0 saturated carbocycles. The van der Waals surface area contributed by atoms with Crippen molar-refractivity contribution in [1.82, 2.24) is 0 Å². The van der Waals surface area contributed by atoms with Gasteiger partial charge in [-0.05, 0) is 37.1 Å². The zero-order chi connectivity index (χ0) is 13.7. The maximum atomic E-state index is 11.6. The lowest BCUT2D eigenvalue weighted by molar-refractivity contribution is -0.116. The van der Waals surface area contributed by atoms with E-state index < -0.39 is 10.8 Å². The van der Waals surface area contributed by atoms with Crippen LogP contribution >= 0.6 is 15.9 Å². The van der Waals surface area contributed by atoms with Gasteiger partial charge in [0.2, 0.25) is 0 Å². The van der Waals surface area contributed by atoms with Crippen LogP contribution in [0.15, 0.2) is 18.2 Å². The van der Waals surface area contributed by atoms with Crippen molar-refractivity contribution in [2.45, 2.75) is 25.3 Å². The van der Waals surface area contributed by atoms with Gasteiger partial charge in [0, 0.05) is 0 Å². The average molecular weight is 315 g/mol. The van der Waals surface area contributed by atoms with Crippen LogP contribution in [0.25, 0.3) is 0 Å². The number of alkyl halides is 1. The van der Waals surface area contributed by atoms with Crippen LogP contribution in [-0.2, 0) is 16.1 Å². The van der Waals surface area contributed by atoms with Gasteiger partial charge in [0.05, 0.1) is 23.6 Å². The monoisotopic (exact) mass is 314 g/mol. The van der Waals surface area contributed by atoms with E-state index in [0.29, 0.717) is 23.3 Å². The molecule has 0 spiro atoms. The van der Waals surface area contributed by atoms with E-state index >= 15 is 0 Å². The Kier molecular flexibility index (Phi) is 5.50. The first kappa shape index (κ1) is 14.9. The number of benzene rings is 1. The van der Waals surface area contributed by atoms with E-state index in [-0.39, 0.29) is 12.4 Å². The Morgan fingerprint density at radius 2 is 2.11 bits per heavy atom. The van der Waals surface area contributed by atoms with Crippen molar-refractivity contribution >= 4 is 27.7 Å². The Hall–Kier alpha value is -1.20. The minimum Gasteiger partial charge on any atom is -0.462 e. The van der Waals surface area contributed by atoms with Gasteiger partial charge in [0.15, 0.2) is 0 Å². The van der Waals surface area contributed by atoms with Gasteiger partial charge in [0.1, 0.15) is 5.78 Å². The number of halogens is 1. The number of carbonyl (C=O) groups excluding carboxylic acids is 2. The standard InChI is InChI=1S/C13H15BrO4/c1-3-18-13(17)9-4-5-10(7-15)11(6-9)12(14)8(2)16/h4-6,12,15H,3,7H2,1-2H3. The summed E-state index contributed by atoms with van der Waals surface area (Å²) in [5.41, 5.74) is 1.57. The molecule has 1 aromatic rings. The summed E-state index contributed by atoms with van der Waals surface area (Å²) in [6.45, 7) is 3.27. The molecule has 0 heterocycles. The highest BCUT2D eigenvalue weighted by Crippen LogP contribution is 2.28. The van der Waals surface area contributed by atoms with Crippen LogP contribution in [0.1, 0.15) is 40.2 Å². The maximum Gasteiger partial charge on any atom is 0.338 e. The van der Waals surface area contributed by atoms with E-state index in [1.807, 2.05) is 0 Å². The van der Waals surface area contributed by atoms with E-state index in [2.05, 4.69) is 15.9 Å². The van der Waals surface area contributed by atoms with Gasteiger partial charge in [0.25, 0.3) is 0 Å². The number of hydrogen-bond acceptors (Lipinski definition) is 4. The number of aliphatic hydroxyl groups is 1. The normalized spacial score (nSPS) is 12.0. The van der Waals surface area contributed by atoms with E-state index in [1.165, 1.54) is 6.92 Å². The third-order valence-electron chi connectivity index (χ3n) is 2.46. The van der Waals surface area contributed by atoms with Crippen LogP contribution in [0.4, 0.5) is 0 Å². The fraction of sp³-hybridized carbons (Fsp3) is 0.385. The Morgan fingerprint density at radius 3 is 2.61 bits per heavy atom. The second-order valence-corrected chi connectivity index (χ2v) is 4.68. The summed E-state index contributed by atoms with van der Waals surface area (Å²) in [6, 6.07) is 4.77. The quantitative estimate of drug-likeness (QED) is 0.669. The van der Waals surface area contributed by atoms with E-state index in [0.717, 1.165) is 0 Å². The molecule has 1 N–H and O–H groups in total. The first-order valence-corrected chi connectivity index (χ1v) is 6.48. The number of rotatable bonds is 5. The molecule has 0 aliphatic carbocycles. The minimum absolute atomic E-state index is 0.0919. The lowest BCUT2D eigenvalue weighted by Gasteiger charge is -2.13. The average Bonchev–Trinajstić information content (AvgIpc) is 2.37. The summed E-state index contributed by atoms with van der Waals surface area (Å²) >= 11 is 3.25. The highest BCUT2D eigenvalue weighted by atomic mass is 79.9. The molecule has 0 radical (unpaired) electrons. The summed E-state index contributed by atoms with van der Waals surface area (Å²) < 4.78 is 4.89. The zero-order valence-corrected chi connectivity index (χ0v) is 11.9. The molecule has 1 aromatic carbocycles. The van der Waals surface area contributed by atoms with Gasteiger partial charge < -0.3 is 9.84 Å². The van der Waals surface area contributed by atoms with Crippen LogP contribution in [0.2, 0.25) is 0 Å². The Labute approximate surface area is 114 Å². The topological polar surface area (TPSA) is 63.6 Å². The number of carbonyl (C=O) groups is 2. The fourth-order valence-electron chi connectivity index (χ4n) is 1.54. The first-order valence-electron chi connectivity index (χ1n) is 5.56. The molecule has 0 bridgehead atoms. The highest BCUT2D eigenvalue weighted by Gasteiger charge is 2.18. The largest absolute Gasteiger partial charge is 0.462 e. The zero-order valence-electron chi connectivity index (χ0n) is 10.3. The minimum atomic E-state index is -0.533. The molecule has 0 aliphatic heterocycles. The van der Waals surface area contributed by atoms with Gasteiger partial charge in [-0.25, -0.2) is 4.79 Å². The Balaban J connectivity index is 3.17. The summed E-state index contributed by atoms with van der Waals surface area (Å²) in [5.74, 6) is -0.530. The summed E-state index contributed by atoms with van der Waals surface area (Å²) in [5, 5.41) is 9.23. The molecule has 0 aromatic heterocycles. The third-order valence-corrected chi connectivity index (χ3v) is 3.60. The number of hydrogen-bond donors (Lipinski definition) is 1. The van der Waals surface area contributed by atoms with Crippen molar-refractivity contribution in [1.29, 1.82) is 0 Å². The fourth-order valence-corrected chi connectivity index (χ4v) is 1.96. The number of esters is 1. The summed E-state index contributed by atoms with van der Waals surface area (Å²) in [6.07, 6.45) is 0. The van der Waals surface area contributed by atoms with Crippen molar-refractivity contribution < 1.29 is 19.4 Å². The molecule has 5 heteroatoms. The van der Waals surface area contributed by atoms with Crippen molar-refractivity contribution in [3.8, 4) is 0 Å². The van der Waals surface area contributed by atoms with Crippen molar-refractivity contribution in [3.05, 3.63) is 34.9 Å². The number of ether oxygens (including phenoxy) is 1. The second kappa shape index (κ2) is 6.66. The van der Waals surface area contributed by atoms with Gasteiger partial charge >= 0.3 is 5.97 Å². The van der Waals surface area contributed by atoms with Gasteiger partial charge in [-0.15, -0.1) is 0 Å². The van der Waals surface area contributed by atoms with Crippen LogP contribution in [0.3, 0.4) is 0 Å². The molecular weight excluding hydrogens is 300 g/mol. The summed E-state index contributed by atoms with van der Waals surface area (Å²) in [4.78, 5) is 22.4. The SMILES string of the molecule is CCOC(=O)c1ccc(CO)c(C(Br)C(C)=O)c1. The lowest BCUT2D eigenvalue weighted by Crippen LogP contribution is -2.09. The molecule has 1 rings (SSSR count). The summed E-state index contributed by atoms with van der Waals surface area (Å²) in [7, 11) is 0. The lowest BCUT2D eigenvalue weighted by atomic mass is 10.00. The molecule has 0 saturated heterocycles. The van der Waals surface area contributed by atoms with Gasteiger partial charge in [-0.1, -0.05) is 22.0 Å². The van der Waals surface area contributed by atoms with E-state index in [4.69, 9.17) is 4.74 Å². The van der Waals surface area contributed by atoms with Crippen molar-refractivity contribution in [3.63, 3.8) is 0 Å². The molecule has 0 amide bonds. The molecule has 1 unspecified atom stereocenters. The Bertz CT molecular complexity index is 456. The van der Waals surface area contributed by atoms with Crippen molar-refractivity contribution in [2.75, 3.05) is 6.61 Å². The molecule has 0 fully saturated rings. The van der Waals surface area contributed by atoms with Crippen LogP contribution < -0.4 is 0 Å². The van der Waals surface area contributed by atoms with Crippen LogP contribution in [0.5, 0.6) is 0 Å². The maximum absolute atomic E-state index is 11.6. The third kappa shape index (κ3) is 3.40. The van der Waals surface area contributed by atoms with Gasteiger partial charge in [-0.2, -0.15) is 0 Å². The predicted molar refractivity (Wildman–Crippen MR) is 70.7 cm³/mol. The highest BCUT2D eigenvalue weighted by molar-refractivity contribution is 9.09. The smallest absolute Gasteiger partial charge is 0.338 e. The van der Waals surface area contributed by atoms with E-state index in [1.54, 1.807) is 25.1 Å². The molecular formula is C13H15BrO4. The van der Waals surface area contributed by atoms with Crippen LogP contribution in [-0.4, -0.2) is 23.5 Å². The molecule has 0 aliphatic rings. The Morgan fingerprint density at radius 1 is 1.44 bits per heavy atom. The molecule has 1 atom stereocenters. The predicted octanol–water partition coefficient (Wildman–Crippen LogP) is 2.38. The second-order valence-electron chi connectivity index (χ2n) is 3.77. The van der Waals surface area contributed by atoms with E-state index in [9.17, 15) is 14.7 Å². The molecule has 98 valence electrons. The van der Waals surface area contributed by atoms with Crippen molar-refractivity contribution in [2.24, 2.45) is 0 Å². The van der Waals surface area contributed by atoms with Crippen LogP contribution in [0, 0.1) is 0 Å². The number of ketones is 1. The first-order chi connectivity index (χ1) is 8.51.